The van der Waals surface area contributed by atoms with E-state index < -0.39 is 0 Å². The molecule has 0 spiro atoms. The fraction of sp³-hybridized carbons (Fsp3) is 0.379. The Hall–Kier alpha value is -1.88. The van der Waals surface area contributed by atoms with Crippen LogP contribution in [0.4, 0.5) is 11.4 Å². The highest BCUT2D eigenvalue weighted by atomic mass is 32.2. The Morgan fingerprint density at radius 1 is 1.06 bits per heavy atom. The SMILES string of the molecule is CC[NH+]1c2ccc(C)cc2SC1C=C1C=C(/C=C2\Sc3cc(C)ccc3N2C)CC(C)(C)C1. The zero-order valence-electron chi connectivity index (χ0n) is 20.7. The lowest BCUT2D eigenvalue weighted by atomic mass is 9.75. The maximum Gasteiger partial charge on any atom is 0.163 e. The molecule has 3 aliphatic rings. The standard InChI is InChI=1S/C29H34N2S2/c1-7-31-24-11-9-20(3)13-26(24)33-28(31)16-22-14-21(17-29(4,5)18-22)15-27-30(6)23-10-8-19(2)12-25(23)32-27/h8-16,28H,7,17-18H2,1-6H3/p+1/b22-16?,27-15-. The first-order chi connectivity index (χ1) is 15.7. The zero-order chi connectivity index (χ0) is 23.3. The van der Waals surface area contributed by atoms with Gasteiger partial charge in [0.15, 0.2) is 5.37 Å². The van der Waals surface area contributed by atoms with Gasteiger partial charge in [0, 0.05) is 18.0 Å². The van der Waals surface area contributed by atoms with Crippen molar-refractivity contribution < 1.29 is 4.90 Å². The van der Waals surface area contributed by atoms with Crippen molar-refractivity contribution in [1.29, 1.82) is 0 Å². The topological polar surface area (TPSA) is 7.68 Å². The van der Waals surface area contributed by atoms with Crippen LogP contribution >= 0.6 is 23.5 Å². The van der Waals surface area contributed by atoms with Crippen molar-refractivity contribution >= 4 is 34.9 Å². The van der Waals surface area contributed by atoms with E-state index in [9.17, 15) is 0 Å². The normalized spacial score (nSPS) is 26.0. The molecule has 172 valence electrons. The third-order valence-electron chi connectivity index (χ3n) is 6.89. The summed E-state index contributed by atoms with van der Waals surface area (Å²) in [5.74, 6) is 0. The van der Waals surface area contributed by atoms with Crippen LogP contribution in [0.2, 0.25) is 0 Å². The van der Waals surface area contributed by atoms with Crippen molar-refractivity contribution in [2.45, 2.75) is 62.6 Å². The second-order valence-corrected chi connectivity index (χ2v) is 12.8. The van der Waals surface area contributed by atoms with Crippen LogP contribution in [-0.4, -0.2) is 19.0 Å². The van der Waals surface area contributed by atoms with Crippen LogP contribution in [0.25, 0.3) is 0 Å². The molecule has 2 aliphatic heterocycles. The zero-order valence-corrected chi connectivity index (χ0v) is 22.3. The fourth-order valence-electron chi connectivity index (χ4n) is 5.35. The van der Waals surface area contributed by atoms with Gasteiger partial charge in [0.2, 0.25) is 0 Å². The number of hydrogen-bond donors (Lipinski definition) is 1. The first kappa shape index (κ1) is 22.9. The second-order valence-electron chi connectivity index (χ2n) is 10.5. The Morgan fingerprint density at radius 2 is 1.79 bits per heavy atom. The largest absolute Gasteiger partial charge is 0.338 e. The second kappa shape index (κ2) is 8.72. The van der Waals surface area contributed by atoms with Crippen LogP contribution in [0.5, 0.6) is 0 Å². The van der Waals surface area contributed by atoms with E-state index >= 15 is 0 Å². The summed E-state index contributed by atoms with van der Waals surface area (Å²) >= 11 is 3.94. The molecule has 0 saturated carbocycles. The molecular formula is C29H35N2S2+. The van der Waals surface area contributed by atoms with Crippen molar-refractivity contribution in [1.82, 2.24) is 0 Å². The van der Waals surface area contributed by atoms with E-state index in [1.54, 1.807) is 4.90 Å². The molecular weight excluding hydrogens is 440 g/mol. The number of thioether (sulfide) groups is 2. The summed E-state index contributed by atoms with van der Waals surface area (Å²) in [6, 6.07) is 13.7. The van der Waals surface area contributed by atoms with Crippen molar-refractivity contribution in [3.05, 3.63) is 81.9 Å². The lowest BCUT2D eigenvalue weighted by Crippen LogP contribution is -3.08. The maximum atomic E-state index is 2.56. The van der Waals surface area contributed by atoms with Crippen LogP contribution < -0.4 is 9.80 Å². The van der Waals surface area contributed by atoms with Crippen LogP contribution in [0.3, 0.4) is 0 Å². The molecule has 0 aromatic heterocycles. The molecule has 1 N–H and O–H groups in total. The van der Waals surface area contributed by atoms with Crippen molar-refractivity contribution in [2.75, 3.05) is 18.5 Å². The molecule has 33 heavy (non-hydrogen) atoms. The van der Waals surface area contributed by atoms with Gasteiger partial charge in [-0.3, -0.25) is 4.90 Å². The summed E-state index contributed by atoms with van der Waals surface area (Å²) in [5.41, 5.74) is 8.68. The number of hydrogen-bond acceptors (Lipinski definition) is 3. The first-order valence-corrected chi connectivity index (χ1v) is 13.7. The molecule has 2 aromatic rings. The average Bonchev–Trinajstić information content (AvgIpc) is 3.22. The van der Waals surface area contributed by atoms with E-state index in [-0.39, 0.29) is 5.41 Å². The molecule has 5 rings (SSSR count). The Morgan fingerprint density at radius 3 is 2.55 bits per heavy atom. The molecule has 2 unspecified atom stereocenters. The van der Waals surface area contributed by atoms with Gasteiger partial charge in [0.25, 0.3) is 0 Å². The molecule has 0 amide bonds. The van der Waals surface area contributed by atoms with Gasteiger partial charge in [0.1, 0.15) is 5.69 Å². The number of nitrogens with zero attached hydrogens (tertiary/aromatic N) is 1. The van der Waals surface area contributed by atoms with Crippen LogP contribution in [0, 0.1) is 19.3 Å². The van der Waals surface area contributed by atoms with Crippen LogP contribution in [-0.2, 0) is 0 Å². The van der Waals surface area contributed by atoms with E-state index in [0.29, 0.717) is 5.37 Å². The van der Waals surface area contributed by atoms with E-state index in [4.69, 9.17) is 0 Å². The summed E-state index contributed by atoms with van der Waals surface area (Å²) < 4.78 is 0. The summed E-state index contributed by atoms with van der Waals surface area (Å²) in [5, 5.41) is 1.79. The van der Waals surface area contributed by atoms with Gasteiger partial charge in [-0.15, -0.1) is 0 Å². The van der Waals surface area contributed by atoms with Gasteiger partial charge in [0.05, 0.1) is 22.2 Å². The molecule has 0 fully saturated rings. The third kappa shape index (κ3) is 4.58. The highest BCUT2D eigenvalue weighted by molar-refractivity contribution is 8.03. The average molecular weight is 476 g/mol. The molecule has 2 aromatic carbocycles. The summed E-state index contributed by atoms with van der Waals surface area (Å²) in [4.78, 5) is 6.75. The van der Waals surface area contributed by atoms with Crippen LogP contribution in [0.15, 0.2) is 80.6 Å². The fourth-order valence-corrected chi connectivity index (χ4v) is 8.10. The lowest BCUT2D eigenvalue weighted by molar-refractivity contribution is -0.833. The minimum Gasteiger partial charge on any atom is -0.338 e. The van der Waals surface area contributed by atoms with Crippen molar-refractivity contribution in [3.63, 3.8) is 0 Å². The Bertz CT molecular complexity index is 1190. The number of nitrogens with one attached hydrogen (secondary N) is 1. The third-order valence-corrected chi connectivity index (χ3v) is 9.31. The Kier molecular flexibility index (Phi) is 6.05. The maximum absolute atomic E-state index is 2.56. The number of allylic oxidation sites excluding steroid dienone is 4. The van der Waals surface area contributed by atoms with E-state index in [1.165, 1.54) is 48.5 Å². The lowest BCUT2D eigenvalue weighted by Gasteiger charge is -2.31. The summed E-state index contributed by atoms with van der Waals surface area (Å²) in [6.07, 6.45) is 9.73. The highest BCUT2D eigenvalue weighted by Crippen LogP contribution is 2.47. The summed E-state index contributed by atoms with van der Waals surface area (Å²) in [6.45, 7) is 12.6. The molecule has 4 heteroatoms. The van der Waals surface area contributed by atoms with Crippen molar-refractivity contribution in [2.24, 2.45) is 5.41 Å². The smallest absolute Gasteiger partial charge is 0.163 e. The number of anilines is 1. The molecule has 2 heterocycles. The number of fused-ring (bicyclic) bond motifs is 2. The predicted molar refractivity (Wildman–Crippen MR) is 145 cm³/mol. The van der Waals surface area contributed by atoms with Gasteiger partial charge >= 0.3 is 0 Å². The quantitative estimate of drug-likeness (QED) is 0.510. The van der Waals surface area contributed by atoms with Gasteiger partial charge in [-0.2, -0.15) is 0 Å². The summed E-state index contributed by atoms with van der Waals surface area (Å²) in [7, 11) is 2.20. The molecule has 0 bridgehead atoms. The molecule has 2 atom stereocenters. The minimum atomic E-state index is 0.275. The minimum absolute atomic E-state index is 0.275. The number of benzene rings is 2. The van der Waals surface area contributed by atoms with Crippen molar-refractivity contribution in [3.8, 4) is 0 Å². The number of quaternary nitrogens is 1. The predicted octanol–water partition coefficient (Wildman–Crippen LogP) is 7.03. The van der Waals surface area contributed by atoms with Gasteiger partial charge in [-0.1, -0.05) is 55.6 Å². The van der Waals surface area contributed by atoms with Gasteiger partial charge in [-0.25, -0.2) is 0 Å². The Labute approximate surface area is 207 Å². The van der Waals surface area contributed by atoms with E-state index in [0.717, 1.165) is 19.4 Å². The number of likely N-dealkylation sites (N-methyl/N-ethyl adjacent to an activating group) is 1. The number of rotatable bonds is 3. The Balaban J connectivity index is 1.45. The first-order valence-electron chi connectivity index (χ1n) is 12.0. The molecule has 0 radical (unpaired) electrons. The molecule has 1 aliphatic carbocycles. The van der Waals surface area contributed by atoms with Gasteiger partial charge < -0.3 is 4.90 Å². The highest BCUT2D eigenvalue weighted by Gasteiger charge is 2.34. The van der Waals surface area contributed by atoms with Crippen LogP contribution in [0.1, 0.15) is 44.7 Å². The molecule has 0 saturated heterocycles. The van der Waals surface area contributed by atoms with E-state index in [1.807, 2.05) is 23.5 Å². The monoisotopic (exact) mass is 475 g/mol. The number of aryl methyl sites for hydroxylation is 2. The van der Waals surface area contributed by atoms with Gasteiger partial charge in [-0.05, 0) is 91.7 Å². The van der Waals surface area contributed by atoms with E-state index in [2.05, 4.69) is 101 Å². The molecule has 2 nitrogen and oxygen atoms in total.